The molecule has 0 saturated heterocycles. The highest BCUT2D eigenvalue weighted by Gasteiger charge is 2.46. The Bertz CT molecular complexity index is 166. The molecule has 0 heterocycles. The minimum Gasteiger partial charge on any atom is -0.372 e. The summed E-state index contributed by atoms with van der Waals surface area (Å²) in [6.45, 7) is -1.22. The van der Waals surface area contributed by atoms with Gasteiger partial charge in [-0.15, -0.1) is 0 Å². The number of rotatable bonds is 5. The molecule has 7 heteroatoms. The lowest BCUT2D eigenvalue weighted by Crippen LogP contribution is -2.41. The number of hydrogen-bond donors (Lipinski definition) is 0. The van der Waals surface area contributed by atoms with Crippen LogP contribution in [0.1, 0.15) is 13.3 Å². The number of hydrogen-bond acceptors (Lipinski definition) is 1. The molecule has 1 nitrogen and oxygen atoms in total. The Kier molecular flexibility index (Phi) is 4.70. The van der Waals surface area contributed by atoms with E-state index in [0.29, 0.717) is 0 Å². The van der Waals surface area contributed by atoms with Crippen LogP contribution in [-0.2, 0) is 4.74 Å². The number of ether oxygens (including phenoxy) is 1. The molecule has 0 aliphatic rings. The Morgan fingerprint density at radius 1 is 1.14 bits per heavy atom. The van der Waals surface area contributed by atoms with Crippen molar-refractivity contribution in [3.8, 4) is 0 Å². The van der Waals surface area contributed by atoms with Gasteiger partial charge in [-0.05, 0) is 6.92 Å². The summed E-state index contributed by atoms with van der Waals surface area (Å²) < 4.78 is 76.2. The summed E-state index contributed by atoms with van der Waals surface area (Å²) in [7, 11) is 0. The molecule has 0 amide bonds. The van der Waals surface area contributed by atoms with Gasteiger partial charge >= 0.3 is 12.1 Å². The molecule has 0 aromatic carbocycles. The summed E-state index contributed by atoms with van der Waals surface area (Å²) in [6, 6.07) is 0. The molecule has 0 aromatic rings. The van der Waals surface area contributed by atoms with Crippen LogP contribution in [0.25, 0.3) is 0 Å². The predicted molar refractivity (Wildman–Crippen MR) is 37.0 cm³/mol. The van der Waals surface area contributed by atoms with Crippen molar-refractivity contribution in [2.24, 2.45) is 0 Å². The van der Waals surface area contributed by atoms with E-state index in [2.05, 4.69) is 4.74 Å². The molecule has 0 radical (unpaired) electrons. The molecule has 0 fully saturated rings. The molecular weight excluding hydrogens is 214 g/mol. The molecule has 86 valence electrons. The van der Waals surface area contributed by atoms with E-state index in [4.69, 9.17) is 0 Å². The zero-order valence-corrected chi connectivity index (χ0v) is 7.37. The minimum atomic E-state index is -4.79. The maximum atomic E-state index is 12.5. The lowest BCUT2D eigenvalue weighted by molar-refractivity contribution is -0.210. The van der Waals surface area contributed by atoms with E-state index in [0.717, 1.165) is 0 Å². The number of alkyl halides is 6. The van der Waals surface area contributed by atoms with Crippen LogP contribution in [0.2, 0.25) is 0 Å². The predicted octanol–water partition coefficient (Wildman–Crippen LogP) is 2.95. The van der Waals surface area contributed by atoms with Crippen LogP contribution in [0.15, 0.2) is 0 Å². The van der Waals surface area contributed by atoms with Gasteiger partial charge in [0.05, 0.1) is 6.42 Å². The van der Waals surface area contributed by atoms with E-state index >= 15 is 0 Å². The summed E-state index contributed by atoms with van der Waals surface area (Å²) in [5, 5.41) is 0. The molecule has 0 aliphatic heterocycles. The molecule has 14 heavy (non-hydrogen) atoms. The average Bonchev–Trinajstić information content (AvgIpc) is 2.01. The van der Waals surface area contributed by atoms with Crippen LogP contribution in [0, 0.1) is 0 Å². The zero-order chi connectivity index (χ0) is 11.4. The largest absolute Gasteiger partial charge is 0.391 e. The van der Waals surface area contributed by atoms with E-state index in [1.807, 2.05) is 0 Å². The topological polar surface area (TPSA) is 9.23 Å². The quantitative estimate of drug-likeness (QED) is 0.652. The van der Waals surface area contributed by atoms with Crippen LogP contribution in [0.3, 0.4) is 0 Å². The third-order valence-electron chi connectivity index (χ3n) is 1.43. The van der Waals surface area contributed by atoms with Gasteiger partial charge in [0.15, 0.2) is 6.67 Å². The molecule has 0 bridgehead atoms. The van der Waals surface area contributed by atoms with Gasteiger partial charge in [-0.3, -0.25) is 0 Å². The standard InChI is InChI=1S/C7H10F6O/c1-2-14-5(3-7(11,12)13)6(9,10)4-8/h5H,2-4H2,1H3. The molecule has 0 N–H and O–H groups in total. The van der Waals surface area contributed by atoms with Gasteiger partial charge in [0, 0.05) is 6.61 Å². The van der Waals surface area contributed by atoms with Gasteiger partial charge in [0.25, 0.3) is 0 Å². The molecule has 1 unspecified atom stereocenters. The fourth-order valence-electron chi connectivity index (χ4n) is 0.828. The lowest BCUT2D eigenvalue weighted by Gasteiger charge is -2.25. The molecular formula is C7H10F6O. The van der Waals surface area contributed by atoms with Crippen LogP contribution in [0.5, 0.6) is 0 Å². The van der Waals surface area contributed by atoms with Gasteiger partial charge < -0.3 is 4.74 Å². The van der Waals surface area contributed by atoms with Gasteiger partial charge in [-0.2, -0.15) is 13.2 Å². The molecule has 0 spiro atoms. The maximum absolute atomic E-state index is 12.5. The van der Waals surface area contributed by atoms with Crippen molar-refractivity contribution in [3.05, 3.63) is 0 Å². The first-order valence-electron chi connectivity index (χ1n) is 3.85. The third kappa shape index (κ3) is 4.69. The molecule has 0 aliphatic carbocycles. The van der Waals surface area contributed by atoms with Crippen molar-refractivity contribution >= 4 is 0 Å². The molecule has 0 rings (SSSR count). The fraction of sp³-hybridized carbons (Fsp3) is 1.00. The summed E-state index contributed by atoms with van der Waals surface area (Å²) in [5.41, 5.74) is 0. The fourth-order valence-corrected chi connectivity index (χ4v) is 0.828. The summed E-state index contributed by atoms with van der Waals surface area (Å²) in [6.07, 6.45) is -9.09. The highest BCUT2D eigenvalue weighted by Crippen LogP contribution is 2.32. The highest BCUT2D eigenvalue weighted by molar-refractivity contribution is 4.79. The SMILES string of the molecule is CCOC(CC(F)(F)F)C(F)(F)CF. The summed E-state index contributed by atoms with van der Waals surface area (Å²) in [4.78, 5) is 0. The van der Waals surface area contributed by atoms with Crippen molar-refractivity contribution in [1.29, 1.82) is 0 Å². The van der Waals surface area contributed by atoms with Crippen molar-refractivity contribution in [2.45, 2.75) is 31.5 Å². The van der Waals surface area contributed by atoms with Gasteiger partial charge in [-0.1, -0.05) is 0 Å². The van der Waals surface area contributed by atoms with E-state index < -0.39 is 31.3 Å². The lowest BCUT2D eigenvalue weighted by atomic mass is 10.1. The Hall–Kier alpha value is -0.460. The molecule has 0 aromatic heterocycles. The van der Waals surface area contributed by atoms with E-state index in [1.165, 1.54) is 6.92 Å². The normalized spacial score (nSPS) is 15.6. The number of halogens is 6. The Morgan fingerprint density at radius 3 is 1.93 bits per heavy atom. The first kappa shape index (κ1) is 13.5. The Morgan fingerprint density at radius 2 is 1.64 bits per heavy atom. The van der Waals surface area contributed by atoms with Gasteiger partial charge in [-0.25, -0.2) is 13.2 Å². The first-order valence-corrected chi connectivity index (χ1v) is 3.85. The van der Waals surface area contributed by atoms with E-state index in [1.54, 1.807) is 0 Å². The first-order chi connectivity index (χ1) is 6.23. The molecule has 0 saturated carbocycles. The van der Waals surface area contributed by atoms with Crippen molar-refractivity contribution in [1.82, 2.24) is 0 Å². The minimum absolute atomic E-state index is 0.323. The second-order valence-electron chi connectivity index (χ2n) is 2.66. The van der Waals surface area contributed by atoms with Crippen LogP contribution in [0.4, 0.5) is 26.3 Å². The van der Waals surface area contributed by atoms with Crippen molar-refractivity contribution in [2.75, 3.05) is 13.3 Å². The Labute approximate surface area is 77.0 Å². The van der Waals surface area contributed by atoms with E-state index in [-0.39, 0.29) is 6.61 Å². The highest BCUT2D eigenvalue weighted by atomic mass is 19.4. The van der Waals surface area contributed by atoms with Crippen molar-refractivity contribution < 1.29 is 31.1 Å². The summed E-state index contributed by atoms with van der Waals surface area (Å²) in [5.74, 6) is -4.09. The van der Waals surface area contributed by atoms with Gasteiger partial charge in [0.1, 0.15) is 6.10 Å². The second kappa shape index (κ2) is 4.86. The Balaban J connectivity index is 4.44. The third-order valence-corrected chi connectivity index (χ3v) is 1.43. The second-order valence-corrected chi connectivity index (χ2v) is 2.66. The van der Waals surface area contributed by atoms with Gasteiger partial charge in [0.2, 0.25) is 0 Å². The summed E-state index contributed by atoms with van der Waals surface area (Å²) >= 11 is 0. The van der Waals surface area contributed by atoms with Crippen LogP contribution in [-0.4, -0.2) is 31.5 Å². The monoisotopic (exact) mass is 224 g/mol. The zero-order valence-electron chi connectivity index (χ0n) is 7.37. The maximum Gasteiger partial charge on any atom is 0.391 e. The van der Waals surface area contributed by atoms with E-state index in [9.17, 15) is 26.3 Å². The smallest absolute Gasteiger partial charge is 0.372 e. The van der Waals surface area contributed by atoms with Crippen LogP contribution < -0.4 is 0 Å². The van der Waals surface area contributed by atoms with Crippen LogP contribution >= 0.6 is 0 Å². The average molecular weight is 224 g/mol. The van der Waals surface area contributed by atoms with Crippen molar-refractivity contribution in [3.63, 3.8) is 0 Å². The molecule has 1 atom stereocenters.